The number of carboxylic acids is 1. The van der Waals surface area contributed by atoms with Crippen LogP contribution in [0.1, 0.15) is 34.7 Å². The molecule has 2 N–H and O–H groups in total. The van der Waals surface area contributed by atoms with Crippen LogP contribution in [0.2, 0.25) is 0 Å². The number of rotatable bonds is 4. The summed E-state index contributed by atoms with van der Waals surface area (Å²) in [6.07, 6.45) is 0.713. The average Bonchev–Trinajstić information content (AvgIpc) is 3.48. The van der Waals surface area contributed by atoms with E-state index < -0.39 is 104 Å². The number of benzene rings is 4. The van der Waals surface area contributed by atoms with Crippen LogP contribution in [0.25, 0.3) is 10.8 Å². The number of carbonyl (C=O) groups is 5. The minimum atomic E-state index is -2.75. The zero-order valence-electron chi connectivity index (χ0n) is 26.6. The fourth-order valence-electron chi connectivity index (χ4n) is 8.50. The third-order valence-electron chi connectivity index (χ3n) is 10.8. The maximum Gasteiger partial charge on any atom is 0.335 e. The Morgan fingerprint density at radius 2 is 1.40 bits per heavy atom. The first-order chi connectivity index (χ1) is 25.1. The number of imide groups is 2. The van der Waals surface area contributed by atoms with Crippen molar-refractivity contribution in [2.24, 2.45) is 17.8 Å². The minimum absolute atomic E-state index is 0.0513. The first-order valence-electron chi connectivity index (χ1n) is 16.0. The molecule has 8 rings (SSSR count). The smallest absolute Gasteiger partial charge is 0.335 e. The summed E-state index contributed by atoms with van der Waals surface area (Å²) in [6, 6.07) is 13.9. The van der Waals surface area contributed by atoms with Crippen molar-refractivity contribution in [1.29, 1.82) is 0 Å². The number of allylic oxidation sites excluding steroid dienone is 2. The number of alkyl halides is 2. The number of carbonyl (C=O) groups excluding carboxylic acids is 4. The Hall–Kier alpha value is -5.34. The summed E-state index contributed by atoms with van der Waals surface area (Å²) in [5, 5.41) is 20.8. The summed E-state index contributed by atoms with van der Waals surface area (Å²) >= 11 is 14.4. The molecule has 0 radical (unpaired) electrons. The lowest BCUT2D eigenvalue weighted by molar-refractivity contribution is -0.125. The number of phenolic OH excluding ortho intramolecular Hbond substituents is 1. The van der Waals surface area contributed by atoms with Crippen molar-refractivity contribution in [2.45, 2.75) is 28.5 Å². The van der Waals surface area contributed by atoms with E-state index in [1.165, 1.54) is 36.4 Å². The summed E-state index contributed by atoms with van der Waals surface area (Å²) < 4.78 is 73.8. The van der Waals surface area contributed by atoms with Gasteiger partial charge >= 0.3 is 5.97 Å². The van der Waals surface area contributed by atoms with E-state index in [1.54, 1.807) is 24.3 Å². The highest BCUT2D eigenvalue weighted by Gasteiger charge is 2.77. The van der Waals surface area contributed by atoms with Gasteiger partial charge in [-0.3, -0.25) is 24.1 Å². The van der Waals surface area contributed by atoms with Crippen LogP contribution in [-0.2, 0) is 19.2 Å². The first-order valence-corrected chi connectivity index (χ1v) is 16.7. The van der Waals surface area contributed by atoms with Crippen molar-refractivity contribution < 1.29 is 56.1 Å². The number of phenols is 1. The Labute approximate surface area is 304 Å². The number of hydrogen-bond acceptors (Lipinski definition) is 6. The van der Waals surface area contributed by atoms with Gasteiger partial charge in [0.05, 0.1) is 23.1 Å². The SMILES string of the molecule is O=C(O)c1cccc(N2C(=O)[C@H]3[C@H](CC=C4[C@H]3C[C@@]3(Cl)C(=O)N(c5c(F)c(F)c(F)c(F)c5F)C(=O)[C@@]3(Cl)[C@H]4c3ccc(O)c4ccccc34)C2=O)c1. The van der Waals surface area contributed by atoms with E-state index >= 15 is 8.78 Å². The van der Waals surface area contributed by atoms with Crippen molar-refractivity contribution in [1.82, 2.24) is 0 Å². The second-order valence-electron chi connectivity index (χ2n) is 13.3. The van der Waals surface area contributed by atoms with E-state index in [9.17, 15) is 47.4 Å². The molecule has 0 aromatic heterocycles. The van der Waals surface area contributed by atoms with E-state index in [-0.39, 0.29) is 50.2 Å². The van der Waals surface area contributed by atoms with Gasteiger partial charge in [-0.15, -0.1) is 23.2 Å². The van der Waals surface area contributed by atoms with Crippen molar-refractivity contribution in [3.8, 4) is 5.75 Å². The van der Waals surface area contributed by atoms with E-state index in [0.717, 1.165) is 11.0 Å². The lowest BCUT2D eigenvalue weighted by Crippen LogP contribution is -2.60. The summed E-state index contributed by atoms with van der Waals surface area (Å²) in [7, 11) is 0. The van der Waals surface area contributed by atoms with Gasteiger partial charge in [-0.05, 0) is 54.0 Å². The molecule has 2 aliphatic carbocycles. The van der Waals surface area contributed by atoms with Crippen LogP contribution in [0.15, 0.2) is 72.3 Å². The molecule has 53 heavy (non-hydrogen) atoms. The predicted molar refractivity (Wildman–Crippen MR) is 178 cm³/mol. The van der Waals surface area contributed by atoms with Crippen LogP contribution >= 0.6 is 23.2 Å². The van der Waals surface area contributed by atoms with Crippen molar-refractivity contribution in [2.75, 3.05) is 9.80 Å². The molecule has 2 saturated heterocycles. The number of nitrogens with zero attached hydrogens (tertiary/aromatic N) is 2. The van der Waals surface area contributed by atoms with Gasteiger partial charge in [0.2, 0.25) is 17.6 Å². The highest BCUT2D eigenvalue weighted by Crippen LogP contribution is 2.66. The van der Waals surface area contributed by atoms with Crippen LogP contribution in [0.3, 0.4) is 0 Å². The number of amides is 4. The molecule has 4 amide bonds. The molecule has 0 bridgehead atoms. The molecule has 9 nitrogen and oxygen atoms in total. The second-order valence-corrected chi connectivity index (χ2v) is 14.5. The molecular formula is C37H21Cl2F5N2O7. The molecule has 0 spiro atoms. The maximum atomic E-state index is 15.3. The molecule has 4 aromatic carbocycles. The number of aromatic hydroxyl groups is 1. The Kier molecular flexibility index (Phi) is 7.59. The van der Waals surface area contributed by atoms with Crippen LogP contribution in [0, 0.1) is 46.8 Å². The van der Waals surface area contributed by atoms with Crippen LogP contribution in [-0.4, -0.2) is 49.6 Å². The minimum Gasteiger partial charge on any atom is -0.507 e. The zero-order chi connectivity index (χ0) is 38.0. The van der Waals surface area contributed by atoms with Gasteiger partial charge in [0.25, 0.3) is 11.8 Å². The summed E-state index contributed by atoms with van der Waals surface area (Å²) in [5.74, 6) is -23.8. The van der Waals surface area contributed by atoms with Crippen LogP contribution in [0.5, 0.6) is 5.75 Å². The fraction of sp³-hybridized carbons (Fsp3) is 0.216. The topological polar surface area (TPSA) is 132 Å². The Morgan fingerprint density at radius 1 is 0.755 bits per heavy atom. The third kappa shape index (κ3) is 4.39. The molecule has 3 fully saturated rings. The standard InChI is InChI=1S/C37H21Cl2F5N2O7/c38-36-13-21-19(8-9-20-23(21)32(49)45(31(20)48)15-5-3-4-14(12-15)33(50)51)24(18-10-11-22(47)17-7-2-1-6-16(17)18)37(36,39)35(53)46(34(36)52)30-28(43)26(41)25(40)27(42)29(30)44/h1-8,10-12,20-21,23-24,47H,9,13H2,(H,50,51)/t20-,21+,23-,24-,36+,37-/m0/s1. The Bertz CT molecular complexity index is 2410. The second kappa shape index (κ2) is 11.6. The van der Waals surface area contributed by atoms with E-state index in [4.69, 9.17) is 23.2 Å². The fourth-order valence-corrected chi connectivity index (χ4v) is 9.43. The summed E-state index contributed by atoms with van der Waals surface area (Å²) in [4.78, 5) is 64.0. The molecule has 1 saturated carbocycles. The van der Waals surface area contributed by atoms with E-state index in [2.05, 4.69) is 0 Å². The molecule has 6 atom stereocenters. The average molecular weight is 771 g/mol. The van der Waals surface area contributed by atoms with Crippen LogP contribution < -0.4 is 9.80 Å². The van der Waals surface area contributed by atoms with Gasteiger partial charge in [-0.2, -0.15) is 0 Å². The molecule has 270 valence electrons. The van der Waals surface area contributed by atoms with Gasteiger partial charge in [0.15, 0.2) is 33.0 Å². The van der Waals surface area contributed by atoms with E-state index in [1.807, 2.05) is 0 Å². The number of fused-ring (bicyclic) bond motifs is 5. The van der Waals surface area contributed by atoms with Gasteiger partial charge in [-0.1, -0.05) is 48.0 Å². The quantitative estimate of drug-likeness (QED) is 0.0589. The van der Waals surface area contributed by atoms with Crippen molar-refractivity contribution >= 4 is 74.9 Å². The molecular weight excluding hydrogens is 750 g/mol. The molecule has 4 aromatic rings. The first kappa shape index (κ1) is 34.7. The number of hydrogen-bond donors (Lipinski definition) is 2. The van der Waals surface area contributed by atoms with Gasteiger partial charge in [-0.25, -0.2) is 31.6 Å². The normalized spacial score (nSPS) is 27.9. The molecule has 2 heterocycles. The lowest BCUT2D eigenvalue weighted by atomic mass is 9.56. The Morgan fingerprint density at radius 3 is 2.06 bits per heavy atom. The largest absolute Gasteiger partial charge is 0.507 e. The highest BCUT2D eigenvalue weighted by molar-refractivity contribution is 6.58. The number of carboxylic acid groups (broad SMARTS) is 1. The third-order valence-corrected chi connectivity index (χ3v) is 12.2. The number of aromatic carboxylic acids is 1. The summed E-state index contributed by atoms with van der Waals surface area (Å²) in [6.45, 7) is 0. The van der Waals surface area contributed by atoms with Crippen molar-refractivity contribution in [3.63, 3.8) is 0 Å². The van der Waals surface area contributed by atoms with Gasteiger partial charge < -0.3 is 10.2 Å². The zero-order valence-corrected chi connectivity index (χ0v) is 28.1. The summed E-state index contributed by atoms with van der Waals surface area (Å²) in [5.41, 5.74) is -1.80. The van der Waals surface area contributed by atoms with Crippen LogP contribution in [0.4, 0.5) is 33.3 Å². The molecule has 2 aliphatic heterocycles. The number of anilines is 2. The monoisotopic (exact) mass is 770 g/mol. The number of halogens is 7. The van der Waals surface area contributed by atoms with Gasteiger partial charge in [0.1, 0.15) is 11.4 Å². The molecule has 16 heteroatoms. The maximum absolute atomic E-state index is 15.3. The molecule has 4 aliphatic rings. The Balaban J connectivity index is 1.35. The predicted octanol–water partition coefficient (Wildman–Crippen LogP) is 6.71. The molecule has 0 unspecified atom stereocenters. The van der Waals surface area contributed by atoms with Gasteiger partial charge in [0, 0.05) is 11.3 Å². The van der Waals surface area contributed by atoms with Crippen molar-refractivity contribution in [3.05, 3.63) is 113 Å². The van der Waals surface area contributed by atoms with E-state index in [0.29, 0.717) is 0 Å². The highest BCUT2D eigenvalue weighted by atomic mass is 35.5. The lowest BCUT2D eigenvalue weighted by Gasteiger charge is -2.51.